The van der Waals surface area contributed by atoms with Crippen molar-refractivity contribution in [1.82, 2.24) is 0 Å². The third kappa shape index (κ3) is 3.17. The number of fused-ring (bicyclic) bond motifs is 3. The fraction of sp³-hybridized carbons (Fsp3) is 0. The van der Waals surface area contributed by atoms with E-state index >= 15 is 0 Å². The lowest BCUT2D eigenvalue weighted by atomic mass is 9.95. The van der Waals surface area contributed by atoms with E-state index in [-0.39, 0.29) is 0 Å². The standard InChI is InChI=1S/C26H18BrN/c27-20-11-15-22(16-12-20)28-21-13-8-19(9-14-21)24-6-3-7-25-23-5-2-1-4-18(23)10-17-26(24)25/h1-17,28H. The number of rotatable bonds is 3. The van der Waals surface area contributed by atoms with Gasteiger partial charge in [-0.3, -0.25) is 0 Å². The minimum absolute atomic E-state index is 1.08. The second kappa shape index (κ2) is 7.14. The predicted molar refractivity (Wildman–Crippen MR) is 124 cm³/mol. The largest absolute Gasteiger partial charge is 0.356 e. The molecule has 134 valence electrons. The van der Waals surface area contributed by atoms with Gasteiger partial charge in [0.05, 0.1) is 0 Å². The molecule has 0 atom stereocenters. The first kappa shape index (κ1) is 17.0. The molecule has 0 aliphatic carbocycles. The van der Waals surface area contributed by atoms with Crippen molar-refractivity contribution in [3.8, 4) is 11.1 Å². The predicted octanol–water partition coefficient (Wildman–Crippen LogP) is 8.17. The van der Waals surface area contributed by atoms with E-state index in [0.717, 1.165) is 15.8 Å². The van der Waals surface area contributed by atoms with Gasteiger partial charge in [-0.1, -0.05) is 82.7 Å². The molecule has 0 radical (unpaired) electrons. The van der Waals surface area contributed by atoms with Crippen LogP contribution in [0.2, 0.25) is 0 Å². The minimum Gasteiger partial charge on any atom is -0.356 e. The van der Waals surface area contributed by atoms with E-state index in [1.807, 2.05) is 12.1 Å². The summed E-state index contributed by atoms with van der Waals surface area (Å²) in [7, 11) is 0. The molecule has 0 bridgehead atoms. The highest BCUT2D eigenvalue weighted by molar-refractivity contribution is 9.10. The summed E-state index contributed by atoms with van der Waals surface area (Å²) in [4.78, 5) is 0. The van der Waals surface area contributed by atoms with Crippen molar-refractivity contribution in [3.63, 3.8) is 0 Å². The molecule has 2 heteroatoms. The molecular weight excluding hydrogens is 406 g/mol. The highest BCUT2D eigenvalue weighted by atomic mass is 79.9. The van der Waals surface area contributed by atoms with E-state index in [1.165, 1.54) is 32.7 Å². The Balaban J connectivity index is 1.53. The summed E-state index contributed by atoms with van der Waals surface area (Å²) < 4.78 is 1.08. The number of nitrogens with one attached hydrogen (secondary N) is 1. The lowest BCUT2D eigenvalue weighted by Gasteiger charge is -2.11. The smallest absolute Gasteiger partial charge is 0.0384 e. The molecule has 0 aliphatic rings. The Morgan fingerprint density at radius 3 is 1.96 bits per heavy atom. The van der Waals surface area contributed by atoms with Gasteiger partial charge in [0, 0.05) is 15.8 Å². The van der Waals surface area contributed by atoms with Crippen LogP contribution in [0, 0.1) is 0 Å². The van der Waals surface area contributed by atoms with Crippen molar-refractivity contribution in [1.29, 1.82) is 0 Å². The Morgan fingerprint density at radius 1 is 0.500 bits per heavy atom. The average Bonchev–Trinajstić information content (AvgIpc) is 2.75. The van der Waals surface area contributed by atoms with Gasteiger partial charge in [-0.25, -0.2) is 0 Å². The van der Waals surface area contributed by atoms with Gasteiger partial charge in [0.25, 0.3) is 0 Å². The van der Waals surface area contributed by atoms with Gasteiger partial charge in [-0.15, -0.1) is 0 Å². The lowest BCUT2D eigenvalue weighted by Crippen LogP contribution is -1.90. The summed E-state index contributed by atoms with van der Waals surface area (Å²) in [5.74, 6) is 0. The van der Waals surface area contributed by atoms with Crippen LogP contribution < -0.4 is 5.32 Å². The van der Waals surface area contributed by atoms with E-state index in [9.17, 15) is 0 Å². The summed E-state index contributed by atoms with van der Waals surface area (Å²) >= 11 is 3.47. The first-order valence-electron chi connectivity index (χ1n) is 9.31. The van der Waals surface area contributed by atoms with Crippen LogP contribution in [-0.4, -0.2) is 0 Å². The topological polar surface area (TPSA) is 12.0 Å². The third-order valence-corrected chi connectivity index (χ3v) is 5.64. The summed E-state index contributed by atoms with van der Waals surface area (Å²) in [5, 5.41) is 8.62. The van der Waals surface area contributed by atoms with Crippen LogP contribution in [0.25, 0.3) is 32.7 Å². The lowest BCUT2D eigenvalue weighted by molar-refractivity contribution is 1.53. The molecule has 5 aromatic carbocycles. The van der Waals surface area contributed by atoms with Crippen molar-refractivity contribution >= 4 is 48.8 Å². The van der Waals surface area contributed by atoms with Crippen molar-refractivity contribution in [2.45, 2.75) is 0 Å². The maximum Gasteiger partial charge on any atom is 0.0384 e. The van der Waals surface area contributed by atoms with Crippen molar-refractivity contribution in [2.24, 2.45) is 0 Å². The molecule has 1 N–H and O–H groups in total. The molecule has 0 heterocycles. The Morgan fingerprint density at radius 2 is 1.18 bits per heavy atom. The molecule has 0 aromatic heterocycles. The zero-order valence-electron chi connectivity index (χ0n) is 15.2. The maximum atomic E-state index is 3.47. The average molecular weight is 424 g/mol. The number of halogens is 1. The van der Waals surface area contributed by atoms with Crippen LogP contribution in [0.15, 0.2) is 108 Å². The molecule has 0 amide bonds. The Bertz CT molecular complexity index is 1270. The van der Waals surface area contributed by atoms with Crippen LogP contribution in [0.1, 0.15) is 0 Å². The van der Waals surface area contributed by atoms with Gasteiger partial charge in [0.15, 0.2) is 0 Å². The van der Waals surface area contributed by atoms with Gasteiger partial charge in [0.1, 0.15) is 0 Å². The summed E-state index contributed by atoms with van der Waals surface area (Å²) in [5.41, 5.74) is 4.64. The minimum atomic E-state index is 1.08. The molecular formula is C26H18BrN. The second-order valence-corrected chi connectivity index (χ2v) is 7.81. The Hall–Kier alpha value is -3.10. The van der Waals surface area contributed by atoms with Crippen molar-refractivity contribution in [3.05, 3.63) is 108 Å². The second-order valence-electron chi connectivity index (χ2n) is 6.90. The molecule has 1 nitrogen and oxygen atoms in total. The fourth-order valence-corrected chi connectivity index (χ4v) is 3.99. The monoisotopic (exact) mass is 423 g/mol. The fourth-order valence-electron chi connectivity index (χ4n) is 3.73. The Kier molecular flexibility index (Phi) is 4.34. The summed E-state index contributed by atoms with van der Waals surface area (Å²) in [6, 6.07) is 36.4. The zero-order valence-corrected chi connectivity index (χ0v) is 16.8. The molecule has 0 saturated heterocycles. The highest BCUT2D eigenvalue weighted by Crippen LogP contribution is 2.33. The van der Waals surface area contributed by atoms with Crippen molar-refractivity contribution < 1.29 is 0 Å². The molecule has 0 saturated carbocycles. The van der Waals surface area contributed by atoms with Gasteiger partial charge in [-0.05, 0) is 69.1 Å². The van der Waals surface area contributed by atoms with E-state index < -0.39 is 0 Å². The Labute approximate surface area is 172 Å². The van der Waals surface area contributed by atoms with Crippen LogP contribution >= 0.6 is 15.9 Å². The van der Waals surface area contributed by atoms with E-state index in [4.69, 9.17) is 0 Å². The quantitative estimate of drug-likeness (QED) is 0.288. The highest BCUT2D eigenvalue weighted by Gasteiger charge is 2.06. The van der Waals surface area contributed by atoms with Crippen LogP contribution in [0.4, 0.5) is 11.4 Å². The number of hydrogen-bond donors (Lipinski definition) is 1. The summed E-state index contributed by atoms with van der Waals surface area (Å²) in [6.07, 6.45) is 0. The number of anilines is 2. The first-order valence-corrected chi connectivity index (χ1v) is 10.1. The molecule has 0 aliphatic heterocycles. The molecule has 5 aromatic rings. The van der Waals surface area contributed by atoms with Gasteiger partial charge in [0.2, 0.25) is 0 Å². The van der Waals surface area contributed by atoms with E-state index in [1.54, 1.807) is 0 Å². The SMILES string of the molecule is Brc1ccc(Nc2ccc(-c3cccc4c3ccc3ccccc34)cc2)cc1. The van der Waals surface area contributed by atoms with Gasteiger partial charge >= 0.3 is 0 Å². The summed E-state index contributed by atoms with van der Waals surface area (Å²) in [6.45, 7) is 0. The zero-order chi connectivity index (χ0) is 18.9. The molecule has 0 fully saturated rings. The van der Waals surface area contributed by atoms with Crippen LogP contribution in [0.5, 0.6) is 0 Å². The van der Waals surface area contributed by atoms with Gasteiger partial charge < -0.3 is 5.32 Å². The maximum absolute atomic E-state index is 3.47. The molecule has 0 spiro atoms. The van der Waals surface area contributed by atoms with Crippen molar-refractivity contribution in [2.75, 3.05) is 5.32 Å². The van der Waals surface area contributed by atoms with Crippen LogP contribution in [-0.2, 0) is 0 Å². The third-order valence-electron chi connectivity index (χ3n) is 5.12. The normalized spacial score (nSPS) is 11.0. The molecule has 5 rings (SSSR count). The first-order chi connectivity index (χ1) is 13.8. The van der Waals surface area contributed by atoms with Gasteiger partial charge in [-0.2, -0.15) is 0 Å². The molecule has 0 unspecified atom stereocenters. The van der Waals surface area contributed by atoms with E-state index in [2.05, 4.69) is 112 Å². The van der Waals surface area contributed by atoms with Crippen LogP contribution in [0.3, 0.4) is 0 Å². The van der Waals surface area contributed by atoms with E-state index in [0.29, 0.717) is 0 Å². The number of benzene rings is 5. The number of hydrogen-bond acceptors (Lipinski definition) is 1. The molecule has 28 heavy (non-hydrogen) atoms.